The standard InChI is InChI=1S/C24H23ClF2N2O6/c1-2-20(30)14-7-17(26)24(18(27)8-14)35-12-16-10-28(5-6-33-16)22(31)11-29-19-9-15(25)3-4-21(19)34-13-23(29)32/h3-4,7-9,16H,2,5-6,10-13H2,1H3. The molecule has 0 radical (unpaired) electrons. The Hall–Kier alpha value is -3.24. The van der Waals surface area contributed by atoms with Gasteiger partial charge in [-0.15, -0.1) is 0 Å². The maximum atomic E-state index is 14.3. The quantitative estimate of drug-likeness (QED) is 0.534. The normalized spacial score (nSPS) is 17.6. The number of anilines is 1. The number of carbonyl (C=O) groups excluding carboxylic acids is 3. The molecule has 0 N–H and O–H groups in total. The first-order chi connectivity index (χ1) is 16.8. The molecule has 0 bridgehead atoms. The predicted octanol–water partition coefficient (Wildman–Crippen LogP) is 3.24. The summed E-state index contributed by atoms with van der Waals surface area (Å²) < 4.78 is 45.0. The summed E-state index contributed by atoms with van der Waals surface area (Å²) in [5.41, 5.74) is 0.340. The minimum Gasteiger partial charge on any atom is -0.485 e. The van der Waals surface area contributed by atoms with E-state index in [0.29, 0.717) is 16.5 Å². The van der Waals surface area contributed by atoms with E-state index >= 15 is 0 Å². The molecule has 2 heterocycles. The molecular weight excluding hydrogens is 486 g/mol. The van der Waals surface area contributed by atoms with Gasteiger partial charge in [-0.25, -0.2) is 8.78 Å². The largest absolute Gasteiger partial charge is 0.485 e. The van der Waals surface area contributed by atoms with E-state index < -0.39 is 23.5 Å². The maximum Gasteiger partial charge on any atom is 0.265 e. The van der Waals surface area contributed by atoms with Crippen molar-refractivity contribution in [2.24, 2.45) is 0 Å². The monoisotopic (exact) mass is 508 g/mol. The van der Waals surface area contributed by atoms with Gasteiger partial charge in [0.05, 0.1) is 18.8 Å². The lowest BCUT2D eigenvalue weighted by molar-refractivity contribution is -0.139. The van der Waals surface area contributed by atoms with Gasteiger partial charge in [-0.1, -0.05) is 18.5 Å². The van der Waals surface area contributed by atoms with Gasteiger partial charge in [0.2, 0.25) is 5.91 Å². The molecule has 2 aromatic carbocycles. The highest BCUT2D eigenvalue weighted by atomic mass is 35.5. The number of rotatable bonds is 7. The van der Waals surface area contributed by atoms with Crippen LogP contribution >= 0.6 is 11.6 Å². The minimum absolute atomic E-state index is 0.0685. The van der Waals surface area contributed by atoms with Gasteiger partial charge in [0.25, 0.3) is 5.91 Å². The molecule has 8 nitrogen and oxygen atoms in total. The van der Waals surface area contributed by atoms with E-state index in [1.807, 2.05) is 0 Å². The number of hydrogen-bond donors (Lipinski definition) is 0. The molecule has 2 aliphatic heterocycles. The molecule has 186 valence electrons. The number of carbonyl (C=O) groups is 3. The SMILES string of the molecule is CCC(=O)c1cc(F)c(OCC2CN(C(=O)CN3C(=O)COc4ccc(Cl)cc43)CCO2)c(F)c1. The van der Waals surface area contributed by atoms with Gasteiger partial charge >= 0.3 is 0 Å². The molecule has 1 fully saturated rings. The molecule has 2 aromatic rings. The van der Waals surface area contributed by atoms with Crippen molar-refractivity contribution in [1.29, 1.82) is 0 Å². The summed E-state index contributed by atoms with van der Waals surface area (Å²) in [5, 5.41) is 0.398. The zero-order chi connectivity index (χ0) is 25.1. The Labute approximate surface area is 205 Å². The highest BCUT2D eigenvalue weighted by Crippen LogP contribution is 2.34. The molecule has 0 aliphatic carbocycles. The molecule has 0 spiro atoms. The van der Waals surface area contributed by atoms with Gasteiger partial charge < -0.3 is 19.1 Å². The van der Waals surface area contributed by atoms with E-state index in [2.05, 4.69) is 0 Å². The number of ketones is 1. The van der Waals surface area contributed by atoms with Crippen molar-refractivity contribution in [3.05, 3.63) is 52.6 Å². The van der Waals surface area contributed by atoms with E-state index in [4.69, 9.17) is 25.8 Å². The smallest absolute Gasteiger partial charge is 0.265 e. The van der Waals surface area contributed by atoms with Crippen molar-refractivity contribution in [1.82, 2.24) is 4.90 Å². The topological polar surface area (TPSA) is 85.4 Å². The van der Waals surface area contributed by atoms with Crippen LogP contribution in [0.2, 0.25) is 5.02 Å². The highest BCUT2D eigenvalue weighted by molar-refractivity contribution is 6.31. The minimum atomic E-state index is -0.992. The van der Waals surface area contributed by atoms with Crippen molar-refractivity contribution in [2.45, 2.75) is 19.4 Å². The van der Waals surface area contributed by atoms with Crippen LogP contribution in [0.4, 0.5) is 14.5 Å². The van der Waals surface area contributed by atoms with Crippen LogP contribution < -0.4 is 14.4 Å². The Balaban J connectivity index is 1.39. The van der Waals surface area contributed by atoms with Crippen LogP contribution in [0.15, 0.2) is 30.3 Å². The van der Waals surface area contributed by atoms with Crippen molar-refractivity contribution < 1.29 is 37.4 Å². The Bertz CT molecular complexity index is 1140. The number of hydrogen-bond acceptors (Lipinski definition) is 6. The third-order valence-electron chi connectivity index (χ3n) is 5.70. The van der Waals surface area contributed by atoms with Crippen molar-refractivity contribution in [3.8, 4) is 11.5 Å². The average Bonchev–Trinajstić information content (AvgIpc) is 2.84. The number of ether oxygens (including phenoxy) is 3. The summed E-state index contributed by atoms with van der Waals surface area (Å²) >= 11 is 6.04. The van der Waals surface area contributed by atoms with Crippen LogP contribution in [0.1, 0.15) is 23.7 Å². The number of nitrogens with zero attached hydrogens (tertiary/aromatic N) is 2. The number of morpholine rings is 1. The fourth-order valence-corrected chi connectivity index (χ4v) is 4.04. The van der Waals surface area contributed by atoms with Crippen molar-refractivity contribution in [3.63, 3.8) is 0 Å². The lowest BCUT2D eigenvalue weighted by Gasteiger charge is -2.35. The van der Waals surface area contributed by atoms with Crippen LogP contribution in [0.25, 0.3) is 0 Å². The maximum absolute atomic E-state index is 14.3. The van der Waals surface area contributed by atoms with E-state index in [0.717, 1.165) is 12.1 Å². The lowest BCUT2D eigenvalue weighted by atomic mass is 10.1. The average molecular weight is 509 g/mol. The van der Waals surface area contributed by atoms with Gasteiger partial charge in [0.15, 0.2) is 29.8 Å². The van der Waals surface area contributed by atoms with E-state index in [1.165, 1.54) is 9.80 Å². The molecule has 1 unspecified atom stereocenters. The van der Waals surface area contributed by atoms with Gasteiger partial charge in [-0.3, -0.25) is 19.3 Å². The Morgan fingerprint density at radius 2 is 1.94 bits per heavy atom. The van der Waals surface area contributed by atoms with Crippen LogP contribution in [-0.4, -0.2) is 68.1 Å². The first-order valence-corrected chi connectivity index (χ1v) is 11.4. The molecule has 0 saturated carbocycles. The predicted molar refractivity (Wildman–Crippen MR) is 122 cm³/mol. The first kappa shape index (κ1) is 24.9. The molecule has 0 aromatic heterocycles. The van der Waals surface area contributed by atoms with Crippen LogP contribution in [0.3, 0.4) is 0 Å². The number of fused-ring (bicyclic) bond motifs is 1. The second kappa shape index (κ2) is 10.6. The summed E-state index contributed by atoms with van der Waals surface area (Å²) in [5.74, 6) is -3.25. The third-order valence-corrected chi connectivity index (χ3v) is 5.94. The lowest BCUT2D eigenvalue weighted by Crippen LogP contribution is -2.52. The Morgan fingerprint density at radius 3 is 2.66 bits per heavy atom. The summed E-state index contributed by atoms with van der Waals surface area (Å²) in [6.45, 7) is 1.55. The summed E-state index contributed by atoms with van der Waals surface area (Å²) in [4.78, 5) is 39.9. The molecular formula is C24H23ClF2N2O6. The molecule has 11 heteroatoms. The Morgan fingerprint density at radius 1 is 1.20 bits per heavy atom. The van der Waals surface area contributed by atoms with Gasteiger partial charge in [-0.2, -0.15) is 0 Å². The van der Waals surface area contributed by atoms with Gasteiger partial charge in [0, 0.05) is 23.6 Å². The second-order valence-corrected chi connectivity index (χ2v) is 8.51. The molecule has 2 amide bonds. The number of halogens is 3. The first-order valence-electron chi connectivity index (χ1n) is 11.0. The van der Waals surface area contributed by atoms with Gasteiger partial charge in [0.1, 0.15) is 25.0 Å². The molecule has 1 saturated heterocycles. The number of Topliss-reactive ketones (excluding diaryl/α,β-unsaturated/α-hetero) is 1. The summed E-state index contributed by atoms with van der Waals surface area (Å²) in [6.07, 6.45) is -0.529. The highest BCUT2D eigenvalue weighted by Gasteiger charge is 2.31. The zero-order valence-electron chi connectivity index (χ0n) is 18.9. The van der Waals surface area contributed by atoms with Crippen molar-refractivity contribution >= 4 is 34.9 Å². The summed E-state index contributed by atoms with van der Waals surface area (Å²) in [6, 6.07) is 6.69. The Kier molecular flexibility index (Phi) is 7.51. The van der Waals surface area contributed by atoms with E-state index in [-0.39, 0.29) is 69.0 Å². The molecule has 35 heavy (non-hydrogen) atoms. The van der Waals surface area contributed by atoms with Crippen LogP contribution in [-0.2, 0) is 14.3 Å². The molecule has 2 aliphatic rings. The van der Waals surface area contributed by atoms with Crippen molar-refractivity contribution in [2.75, 3.05) is 44.4 Å². The number of benzene rings is 2. The summed E-state index contributed by atoms with van der Waals surface area (Å²) in [7, 11) is 0. The van der Waals surface area contributed by atoms with Gasteiger partial charge in [-0.05, 0) is 30.3 Å². The molecule has 1 atom stereocenters. The fourth-order valence-electron chi connectivity index (χ4n) is 3.87. The molecule has 4 rings (SSSR count). The van der Waals surface area contributed by atoms with E-state index in [1.54, 1.807) is 25.1 Å². The zero-order valence-corrected chi connectivity index (χ0v) is 19.6. The van der Waals surface area contributed by atoms with E-state index in [9.17, 15) is 23.2 Å². The van der Waals surface area contributed by atoms with Crippen LogP contribution in [0, 0.1) is 11.6 Å². The fraction of sp³-hybridized carbons (Fsp3) is 0.375. The third kappa shape index (κ3) is 5.54. The number of amides is 2. The van der Waals surface area contributed by atoms with Crippen LogP contribution in [0.5, 0.6) is 11.5 Å². The second-order valence-electron chi connectivity index (χ2n) is 8.07.